The van der Waals surface area contributed by atoms with Crippen molar-refractivity contribution in [3.05, 3.63) is 0 Å². The lowest BCUT2D eigenvalue weighted by Crippen LogP contribution is -2.25. The molecule has 0 fully saturated rings. The van der Waals surface area contributed by atoms with Gasteiger partial charge in [-0.3, -0.25) is 9.59 Å². The fourth-order valence-electron chi connectivity index (χ4n) is 2.03. The number of nitrogens with one attached hydrogen (secondary N) is 1. The van der Waals surface area contributed by atoms with Gasteiger partial charge in [-0.15, -0.1) is 0 Å². The molecule has 0 aromatic heterocycles. The maximum Gasteiger partial charge on any atom is 0.220 e. The van der Waals surface area contributed by atoms with Crippen LogP contribution in [0, 0.1) is 11.8 Å². The molecule has 0 atom stereocenters. The molecule has 142 valence electrons. The summed E-state index contributed by atoms with van der Waals surface area (Å²) in [7, 11) is 0. The second kappa shape index (κ2) is 15.6. The van der Waals surface area contributed by atoms with E-state index in [-0.39, 0.29) is 17.6 Å². The molecule has 0 saturated carbocycles. The van der Waals surface area contributed by atoms with E-state index in [1.165, 1.54) is 0 Å². The van der Waals surface area contributed by atoms with Gasteiger partial charge in [0.05, 0.1) is 0 Å². The minimum Gasteiger partial charge on any atom is -0.381 e. The number of Topliss-reactive ketones (excluding diaryl/α,β-unsaturated/α-hetero) is 1. The molecule has 0 aliphatic carbocycles. The van der Waals surface area contributed by atoms with Crippen molar-refractivity contribution < 1.29 is 19.1 Å². The molecule has 0 rings (SSSR count). The number of hydrogen-bond acceptors (Lipinski definition) is 4. The van der Waals surface area contributed by atoms with Crippen LogP contribution in [0.1, 0.15) is 66.2 Å². The zero-order chi connectivity index (χ0) is 18.2. The van der Waals surface area contributed by atoms with Gasteiger partial charge < -0.3 is 14.8 Å². The summed E-state index contributed by atoms with van der Waals surface area (Å²) in [5.74, 6) is 0.902. The Morgan fingerprint density at radius 1 is 0.833 bits per heavy atom. The Kier molecular flexibility index (Phi) is 15.0. The van der Waals surface area contributed by atoms with Gasteiger partial charge in [0.1, 0.15) is 5.78 Å². The molecule has 0 aromatic rings. The molecule has 0 spiro atoms. The highest BCUT2D eigenvalue weighted by Crippen LogP contribution is 2.04. The molecule has 1 N–H and O–H groups in total. The van der Waals surface area contributed by atoms with E-state index in [1.54, 1.807) is 0 Å². The van der Waals surface area contributed by atoms with Crippen molar-refractivity contribution in [2.75, 3.05) is 33.0 Å². The third-order valence-corrected chi connectivity index (χ3v) is 3.54. The van der Waals surface area contributed by atoms with Gasteiger partial charge in [-0.2, -0.15) is 0 Å². The number of amides is 1. The number of hydrogen-bond donors (Lipinski definition) is 1. The molecular formula is C19H37NO4. The molecule has 1 amide bonds. The molecule has 0 heterocycles. The van der Waals surface area contributed by atoms with Crippen LogP contribution in [0.15, 0.2) is 0 Å². The highest BCUT2D eigenvalue weighted by molar-refractivity contribution is 5.81. The smallest absolute Gasteiger partial charge is 0.220 e. The number of rotatable bonds is 16. The highest BCUT2D eigenvalue weighted by Gasteiger charge is 2.08. The molecule has 0 bridgehead atoms. The zero-order valence-electron chi connectivity index (χ0n) is 16.1. The molecule has 0 radical (unpaired) electrons. The standard InChI is InChI=1S/C19H37NO4/c1-16(2)15-24-13-6-5-12-23-14-8-11-20-19(22)10-7-9-18(21)17(3)4/h16-17H,5-15H2,1-4H3,(H,20,22). The summed E-state index contributed by atoms with van der Waals surface area (Å²) in [6, 6.07) is 0. The third-order valence-electron chi connectivity index (χ3n) is 3.54. The Morgan fingerprint density at radius 3 is 2.08 bits per heavy atom. The first-order valence-corrected chi connectivity index (χ1v) is 9.38. The molecule has 0 aliphatic heterocycles. The largest absolute Gasteiger partial charge is 0.381 e. The number of ether oxygens (including phenoxy) is 2. The Hall–Kier alpha value is -0.940. The van der Waals surface area contributed by atoms with E-state index in [0.29, 0.717) is 38.3 Å². The lowest BCUT2D eigenvalue weighted by Gasteiger charge is -2.08. The van der Waals surface area contributed by atoms with Crippen LogP contribution >= 0.6 is 0 Å². The van der Waals surface area contributed by atoms with Crippen molar-refractivity contribution in [1.82, 2.24) is 5.32 Å². The third kappa shape index (κ3) is 15.9. The molecule has 0 unspecified atom stereocenters. The molecule has 0 aromatic carbocycles. The minimum atomic E-state index is 0.0221. The predicted octanol–water partition coefficient (Wildman–Crippen LogP) is 3.36. The SMILES string of the molecule is CC(C)COCCCCOCCCNC(=O)CCCC(=O)C(C)C. The van der Waals surface area contributed by atoms with Crippen LogP contribution in [-0.4, -0.2) is 44.7 Å². The quantitative estimate of drug-likeness (QED) is 0.437. The Morgan fingerprint density at radius 2 is 1.46 bits per heavy atom. The fourth-order valence-corrected chi connectivity index (χ4v) is 2.03. The number of ketones is 1. The maximum absolute atomic E-state index is 11.6. The predicted molar refractivity (Wildman–Crippen MR) is 97.0 cm³/mol. The summed E-state index contributed by atoms with van der Waals surface area (Å²) >= 11 is 0. The Labute approximate surface area is 147 Å². The molecule has 5 heteroatoms. The van der Waals surface area contributed by atoms with Crippen molar-refractivity contribution in [2.45, 2.75) is 66.2 Å². The summed E-state index contributed by atoms with van der Waals surface area (Å²) in [4.78, 5) is 23.0. The van der Waals surface area contributed by atoms with Gasteiger partial charge in [-0.1, -0.05) is 27.7 Å². The summed E-state index contributed by atoms with van der Waals surface area (Å²) in [5, 5.41) is 2.86. The van der Waals surface area contributed by atoms with Crippen LogP contribution in [-0.2, 0) is 19.1 Å². The number of carbonyl (C=O) groups excluding carboxylic acids is 2. The lowest BCUT2D eigenvalue weighted by molar-refractivity contribution is -0.122. The first kappa shape index (κ1) is 23.1. The minimum absolute atomic E-state index is 0.0221. The van der Waals surface area contributed by atoms with Gasteiger partial charge >= 0.3 is 0 Å². The monoisotopic (exact) mass is 343 g/mol. The van der Waals surface area contributed by atoms with Gasteiger partial charge in [-0.25, -0.2) is 0 Å². The highest BCUT2D eigenvalue weighted by atomic mass is 16.5. The van der Waals surface area contributed by atoms with Crippen molar-refractivity contribution in [3.63, 3.8) is 0 Å². The van der Waals surface area contributed by atoms with Crippen molar-refractivity contribution in [3.8, 4) is 0 Å². The normalized spacial score (nSPS) is 11.2. The first-order valence-electron chi connectivity index (χ1n) is 9.38. The second-order valence-electron chi connectivity index (χ2n) is 6.97. The summed E-state index contributed by atoms with van der Waals surface area (Å²) in [6.45, 7) is 11.7. The van der Waals surface area contributed by atoms with Gasteiger partial charge in [-0.05, 0) is 31.6 Å². The van der Waals surface area contributed by atoms with E-state index < -0.39 is 0 Å². The van der Waals surface area contributed by atoms with Crippen LogP contribution in [0.3, 0.4) is 0 Å². The van der Waals surface area contributed by atoms with E-state index >= 15 is 0 Å². The van der Waals surface area contributed by atoms with E-state index in [2.05, 4.69) is 19.2 Å². The molecular weight excluding hydrogens is 306 g/mol. The van der Waals surface area contributed by atoms with E-state index in [1.807, 2.05) is 13.8 Å². The van der Waals surface area contributed by atoms with Crippen molar-refractivity contribution in [2.24, 2.45) is 11.8 Å². The Balaban J connectivity index is 3.26. The fraction of sp³-hybridized carbons (Fsp3) is 0.895. The van der Waals surface area contributed by atoms with Gasteiger partial charge in [0.25, 0.3) is 0 Å². The van der Waals surface area contributed by atoms with Crippen LogP contribution in [0.4, 0.5) is 0 Å². The summed E-state index contributed by atoms with van der Waals surface area (Å²) < 4.78 is 11.0. The van der Waals surface area contributed by atoms with Gasteiger partial charge in [0.15, 0.2) is 0 Å². The van der Waals surface area contributed by atoms with E-state index in [0.717, 1.165) is 39.1 Å². The van der Waals surface area contributed by atoms with Crippen molar-refractivity contribution >= 4 is 11.7 Å². The molecule has 5 nitrogen and oxygen atoms in total. The topological polar surface area (TPSA) is 64.6 Å². The summed E-state index contributed by atoms with van der Waals surface area (Å²) in [5.41, 5.74) is 0. The average Bonchev–Trinajstić information content (AvgIpc) is 2.52. The van der Waals surface area contributed by atoms with Crippen LogP contribution in [0.25, 0.3) is 0 Å². The van der Waals surface area contributed by atoms with Crippen molar-refractivity contribution in [1.29, 1.82) is 0 Å². The average molecular weight is 344 g/mol. The first-order chi connectivity index (χ1) is 11.4. The number of carbonyl (C=O) groups is 2. The van der Waals surface area contributed by atoms with Crippen LogP contribution in [0.2, 0.25) is 0 Å². The Bertz CT molecular complexity index is 329. The summed E-state index contributed by atoms with van der Waals surface area (Å²) in [6.07, 6.45) is 4.41. The van der Waals surface area contributed by atoms with Crippen LogP contribution < -0.4 is 5.32 Å². The van der Waals surface area contributed by atoms with Gasteiger partial charge in [0.2, 0.25) is 5.91 Å². The maximum atomic E-state index is 11.6. The lowest BCUT2D eigenvalue weighted by atomic mass is 10.0. The number of unbranched alkanes of at least 4 members (excludes halogenated alkanes) is 1. The molecule has 24 heavy (non-hydrogen) atoms. The molecule has 0 aliphatic rings. The van der Waals surface area contributed by atoms with E-state index in [4.69, 9.17) is 9.47 Å². The molecule has 0 saturated heterocycles. The van der Waals surface area contributed by atoms with E-state index in [9.17, 15) is 9.59 Å². The van der Waals surface area contributed by atoms with Crippen LogP contribution in [0.5, 0.6) is 0 Å². The van der Waals surface area contributed by atoms with Gasteiger partial charge in [0, 0.05) is 51.7 Å². The second-order valence-corrected chi connectivity index (χ2v) is 6.97. The zero-order valence-corrected chi connectivity index (χ0v) is 16.1.